The van der Waals surface area contributed by atoms with Gasteiger partial charge >= 0.3 is 0 Å². The molecule has 0 fully saturated rings. The van der Waals surface area contributed by atoms with Gasteiger partial charge in [-0.2, -0.15) is 11.3 Å². The third-order valence-electron chi connectivity index (χ3n) is 3.22. The first-order valence-corrected chi connectivity index (χ1v) is 9.81. The summed E-state index contributed by atoms with van der Waals surface area (Å²) in [7, 11) is -3.28. The third-order valence-corrected chi connectivity index (χ3v) is 5.49. The number of nitrogens with one attached hydrogen (secondary N) is 1. The van der Waals surface area contributed by atoms with E-state index in [1.165, 1.54) is 11.8 Å². The van der Waals surface area contributed by atoms with Gasteiger partial charge in [0.25, 0.3) is 0 Å². The molecule has 3 nitrogen and oxygen atoms in total. The molecule has 0 aliphatic carbocycles. The molecule has 114 valence electrons. The second-order valence-electron chi connectivity index (χ2n) is 5.11. The van der Waals surface area contributed by atoms with Gasteiger partial charge in [-0.25, -0.2) is 8.42 Å². The van der Waals surface area contributed by atoms with Crippen LogP contribution in [0.5, 0.6) is 0 Å². The SMILES string of the molecule is CC(Cc1ccsc1)NCc1c(Cl)cccc1S(C)(=O)=O. The predicted molar refractivity (Wildman–Crippen MR) is 88.9 cm³/mol. The maximum absolute atomic E-state index is 11.8. The van der Waals surface area contributed by atoms with Gasteiger partial charge < -0.3 is 5.32 Å². The highest BCUT2D eigenvalue weighted by Crippen LogP contribution is 2.24. The highest BCUT2D eigenvalue weighted by atomic mass is 35.5. The summed E-state index contributed by atoms with van der Waals surface area (Å²) in [6.45, 7) is 2.52. The van der Waals surface area contributed by atoms with Crippen molar-refractivity contribution in [3.63, 3.8) is 0 Å². The molecule has 1 atom stereocenters. The van der Waals surface area contributed by atoms with Crippen molar-refractivity contribution in [3.05, 3.63) is 51.2 Å². The van der Waals surface area contributed by atoms with E-state index in [0.29, 0.717) is 22.0 Å². The lowest BCUT2D eigenvalue weighted by Crippen LogP contribution is -2.28. The Labute approximate surface area is 134 Å². The van der Waals surface area contributed by atoms with Crippen molar-refractivity contribution in [3.8, 4) is 0 Å². The number of rotatable bonds is 6. The Morgan fingerprint density at radius 1 is 1.33 bits per heavy atom. The molecule has 0 aliphatic rings. The first kappa shape index (κ1) is 16.5. The van der Waals surface area contributed by atoms with E-state index in [1.54, 1.807) is 29.5 Å². The van der Waals surface area contributed by atoms with Gasteiger partial charge in [0.05, 0.1) is 4.90 Å². The molecule has 0 bridgehead atoms. The molecule has 0 aliphatic heterocycles. The molecule has 2 aromatic rings. The summed E-state index contributed by atoms with van der Waals surface area (Å²) < 4.78 is 23.6. The van der Waals surface area contributed by atoms with Crippen LogP contribution in [0.25, 0.3) is 0 Å². The number of benzene rings is 1. The molecular formula is C15H18ClNO2S2. The van der Waals surface area contributed by atoms with Crippen LogP contribution in [0.2, 0.25) is 5.02 Å². The van der Waals surface area contributed by atoms with Crippen LogP contribution >= 0.6 is 22.9 Å². The molecule has 1 heterocycles. The van der Waals surface area contributed by atoms with Crippen LogP contribution in [0.4, 0.5) is 0 Å². The Bertz CT molecular complexity index is 696. The largest absolute Gasteiger partial charge is 0.310 e. The van der Waals surface area contributed by atoms with Crippen LogP contribution in [-0.2, 0) is 22.8 Å². The summed E-state index contributed by atoms with van der Waals surface area (Å²) in [6.07, 6.45) is 2.11. The lowest BCUT2D eigenvalue weighted by Gasteiger charge is -2.16. The van der Waals surface area contributed by atoms with Gasteiger partial charge in [-0.15, -0.1) is 0 Å². The Kier molecular flexibility index (Phi) is 5.43. The molecule has 6 heteroatoms. The molecule has 1 unspecified atom stereocenters. The molecule has 1 aromatic heterocycles. The van der Waals surface area contributed by atoms with Crippen LogP contribution in [-0.4, -0.2) is 20.7 Å². The van der Waals surface area contributed by atoms with E-state index in [2.05, 4.69) is 29.1 Å². The Morgan fingerprint density at radius 2 is 2.10 bits per heavy atom. The lowest BCUT2D eigenvalue weighted by atomic mass is 10.1. The smallest absolute Gasteiger partial charge is 0.175 e. The van der Waals surface area contributed by atoms with Gasteiger partial charge in [-0.1, -0.05) is 17.7 Å². The molecule has 21 heavy (non-hydrogen) atoms. The molecular weight excluding hydrogens is 326 g/mol. The fourth-order valence-electron chi connectivity index (χ4n) is 2.17. The topological polar surface area (TPSA) is 46.2 Å². The molecule has 2 rings (SSSR count). The van der Waals surface area contributed by atoms with Gasteiger partial charge in [0.1, 0.15) is 0 Å². The highest BCUT2D eigenvalue weighted by Gasteiger charge is 2.16. The normalized spacial score (nSPS) is 13.3. The fourth-order valence-corrected chi connectivity index (χ4v) is 4.10. The Balaban J connectivity index is 2.09. The van der Waals surface area contributed by atoms with E-state index in [9.17, 15) is 8.42 Å². The number of hydrogen-bond donors (Lipinski definition) is 1. The van der Waals surface area contributed by atoms with Crippen LogP contribution in [0.15, 0.2) is 39.9 Å². The summed E-state index contributed by atoms with van der Waals surface area (Å²) in [6, 6.07) is 7.32. The summed E-state index contributed by atoms with van der Waals surface area (Å²) in [4.78, 5) is 0.297. The average molecular weight is 344 g/mol. The highest BCUT2D eigenvalue weighted by molar-refractivity contribution is 7.90. The number of sulfone groups is 1. The maximum atomic E-state index is 11.8. The number of thiophene rings is 1. The monoisotopic (exact) mass is 343 g/mol. The summed E-state index contributed by atoms with van der Waals surface area (Å²) in [5.41, 5.74) is 1.92. The average Bonchev–Trinajstić information content (AvgIpc) is 2.88. The molecule has 1 aromatic carbocycles. The zero-order valence-corrected chi connectivity index (χ0v) is 14.4. The minimum Gasteiger partial charge on any atom is -0.310 e. The van der Waals surface area contributed by atoms with E-state index >= 15 is 0 Å². The predicted octanol–water partition coefficient (Wildman–Crippen LogP) is 3.53. The zero-order chi connectivity index (χ0) is 15.5. The van der Waals surface area contributed by atoms with E-state index < -0.39 is 9.84 Å². The third kappa shape index (κ3) is 4.54. The van der Waals surface area contributed by atoms with E-state index in [-0.39, 0.29) is 6.04 Å². The number of hydrogen-bond acceptors (Lipinski definition) is 4. The molecule has 0 saturated carbocycles. The molecule has 0 radical (unpaired) electrons. The maximum Gasteiger partial charge on any atom is 0.175 e. The van der Waals surface area contributed by atoms with Crippen LogP contribution in [0.1, 0.15) is 18.1 Å². The Morgan fingerprint density at radius 3 is 2.71 bits per heavy atom. The van der Waals surface area contributed by atoms with E-state index in [4.69, 9.17) is 11.6 Å². The lowest BCUT2D eigenvalue weighted by molar-refractivity contribution is 0.540. The van der Waals surface area contributed by atoms with E-state index in [0.717, 1.165) is 6.42 Å². The summed E-state index contributed by atoms with van der Waals surface area (Å²) in [5.74, 6) is 0. The van der Waals surface area contributed by atoms with Gasteiger partial charge in [-0.3, -0.25) is 0 Å². The second kappa shape index (κ2) is 6.92. The Hall–Kier alpha value is -0.880. The second-order valence-corrected chi connectivity index (χ2v) is 8.28. The van der Waals surface area contributed by atoms with Gasteiger partial charge in [-0.05, 0) is 47.9 Å². The van der Waals surface area contributed by atoms with Crippen molar-refractivity contribution < 1.29 is 8.42 Å². The van der Waals surface area contributed by atoms with E-state index in [1.807, 2.05) is 0 Å². The van der Waals surface area contributed by atoms with Crippen molar-refractivity contribution in [2.75, 3.05) is 6.26 Å². The molecule has 1 N–H and O–H groups in total. The quantitative estimate of drug-likeness (QED) is 0.872. The minimum absolute atomic E-state index is 0.239. The molecule has 0 amide bonds. The minimum atomic E-state index is -3.28. The van der Waals surface area contributed by atoms with Crippen LogP contribution in [0.3, 0.4) is 0 Å². The summed E-state index contributed by atoms with van der Waals surface area (Å²) in [5, 5.41) is 8.00. The van der Waals surface area contributed by atoms with Gasteiger partial charge in [0, 0.05) is 29.4 Å². The van der Waals surface area contributed by atoms with Crippen molar-refractivity contribution >= 4 is 32.8 Å². The zero-order valence-electron chi connectivity index (χ0n) is 12.0. The number of halogens is 1. The van der Waals surface area contributed by atoms with Crippen molar-refractivity contribution in [1.82, 2.24) is 5.32 Å². The van der Waals surface area contributed by atoms with Crippen LogP contribution < -0.4 is 5.32 Å². The molecule has 0 saturated heterocycles. The first-order chi connectivity index (χ1) is 9.88. The van der Waals surface area contributed by atoms with Gasteiger partial charge in [0.15, 0.2) is 9.84 Å². The van der Waals surface area contributed by atoms with Crippen LogP contribution in [0, 0.1) is 0 Å². The first-order valence-electron chi connectivity index (χ1n) is 6.60. The fraction of sp³-hybridized carbons (Fsp3) is 0.333. The molecule has 0 spiro atoms. The van der Waals surface area contributed by atoms with Crippen molar-refractivity contribution in [1.29, 1.82) is 0 Å². The van der Waals surface area contributed by atoms with Crippen molar-refractivity contribution in [2.45, 2.75) is 30.8 Å². The van der Waals surface area contributed by atoms with Gasteiger partial charge in [0.2, 0.25) is 0 Å². The van der Waals surface area contributed by atoms with Crippen molar-refractivity contribution in [2.24, 2.45) is 0 Å². The summed E-state index contributed by atoms with van der Waals surface area (Å²) >= 11 is 7.83. The standard InChI is InChI=1S/C15H18ClNO2S2/c1-11(8-12-6-7-20-10-12)17-9-13-14(16)4-3-5-15(13)21(2,18)19/h3-7,10-11,17H,8-9H2,1-2H3.